The number of benzene rings is 1. The number of nitrogens with zero attached hydrogens (tertiary/aromatic N) is 2. The summed E-state index contributed by atoms with van der Waals surface area (Å²) in [6.07, 6.45) is 0.778. The molecule has 0 radical (unpaired) electrons. The third kappa shape index (κ3) is 1.30. The molecule has 2 aromatic heterocycles. The largest absolute Gasteiger partial charge is 0.456 e. The van der Waals surface area contributed by atoms with E-state index >= 15 is 0 Å². The van der Waals surface area contributed by atoms with Crippen LogP contribution in [-0.4, -0.2) is 10.2 Å². The third-order valence-electron chi connectivity index (χ3n) is 2.88. The smallest absolute Gasteiger partial charge is 0.283 e. The Labute approximate surface area is 96.9 Å². The Hall–Kier alpha value is -2.36. The predicted octanol–water partition coefficient (Wildman–Crippen LogP) is 2.90. The van der Waals surface area contributed by atoms with Crippen LogP contribution in [0.1, 0.15) is 11.3 Å². The van der Waals surface area contributed by atoms with E-state index in [1.165, 1.54) is 5.56 Å². The first-order valence-corrected chi connectivity index (χ1v) is 5.40. The second kappa shape index (κ2) is 3.07. The molecule has 1 aromatic carbocycles. The lowest BCUT2D eigenvalue weighted by atomic mass is 10.1. The molecule has 4 heterocycles. The van der Waals surface area contributed by atoms with E-state index in [4.69, 9.17) is 8.83 Å². The fourth-order valence-electron chi connectivity index (χ4n) is 1.99. The Morgan fingerprint density at radius 1 is 0.824 bits per heavy atom. The lowest BCUT2D eigenvalue weighted by Crippen LogP contribution is -1.86. The molecule has 5 rings (SSSR count). The van der Waals surface area contributed by atoms with Crippen LogP contribution in [0.3, 0.4) is 0 Å². The third-order valence-corrected chi connectivity index (χ3v) is 2.88. The van der Waals surface area contributed by atoms with Crippen molar-refractivity contribution >= 4 is 0 Å². The molecule has 0 spiro atoms. The first-order chi connectivity index (χ1) is 8.38. The monoisotopic (exact) mass is 224 g/mol. The first kappa shape index (κ1) is 8.75. The van der Waals surface area contributed by atoms with E-state index in [0.717, 1.165) is 17.7 Å². The fraction of sp³-hybridized carbons (Fsp3) is 0.0769. The van der Waals surface area contributed by atoms with Gasteiger partial charge < -0.3 is 8.83 Å². The molecule has 17 heavy (non-hydrogen) atoms. The fourth-order valence-corrected chi connectivity index (χ4v) is 1.99. The van der Waals surface area contributed by atoms with Gasteiger partial charge in [-0.05, 0) is 29.8 Å². The molecule has 0 fully saturated rings. The molecule has 0 N–H and O–H groups in total. The van der Waals surface area contributed by atoms with Crippen LogP contribution in [0.4, 0.5) is 0 Å². The van der Waals surface area contributed by atoms with Gasteiger partial charge in [-0.2, -0.15) is 0 Å². The van der Waals surface area contributed by atoms with Crippen molar-refractivity contribution in [2.45, 2.75) is 6.42 Å². The van der Waals surface area contributed by atoms with Gasteiger partial charge in [0.1, 0.15) is 5.76 Å². The highest BCUT2D eigenvalue weighted by Gasteiger charge is 2.15. The Balaban J connectivity index is 2.04. The van der Waals surface area contributed by atoms with Gasteiger partial charge in [0.25, 0.3) is 5.89 Å². The van der Waals surface area contributed by atoms with Gasteiger partial charge >= 0.3 is 0 Å². The minimum atomic E-state index is 0.427. The van der Waals surface area contributed by atoms with Gasteiger partial charge in [0.05, 0.1) is 0 Å². The number of aromatic nitrogens is 2. The lowest BCUT2D eigenvalue weighted by molar-refractivity contribution is 0.498. The highest BCUT2D eigenvalue weighted by Crippen LogP contribution is 2.28. The quantitative estimate of drug-likeness (QED) is 0.461. The molecular weight excluding hydrogens is 216 g/mol. The summed E-state index contributed by atoms with van der Waals surface area (Å²) in [5.74, 6) is 2.47. The predicted molar refractivity (Wildman–Crippen MR) is 60.2 cm³/mol. The maximum Gasteiger partial charge on any atom is 0.283 e. The standard InChI is InChI=1S/C13H8N2O2/c1-3-9-4-2-8(1)7-10-5-6-11(16-10)13-15-14-12(9)17-13/h1-6H,7H2. The van der Waals surface area contributed by atoms with E-state index in [-0.39, 0.29) is 0 Å². The Bertz CT molecular complexity index is 680. The van der Waals surface area contributed by atoms with Crippen molar-refractivity contribution in [3.63, 3.8) is 0 Å². The molecular formula is C13H8N2O2. The summed E-state index contributed by atoms with van der Waals surface area (Å²) in [4.78, 5) is 0. The zero-order valence-electron chi connectivity index (χ0n) is 8.88. The number of rotatable bonds is 0. The highest BCUT2D eigenvalue weighted by molar-refractivity contribution is 5.56. The van der Waals surface area contributed by atoms with Crippen LogP contribution < -0.4 is 0 Å². The van der Waals surface area contributed by atoms with Crippen molar-refractivity contribution in [2.24, 2.45) is 0 Å². The van der Waals surface area contributed by atoms with Crippen LogP contribution in [0.25, 0.3) is 23.1 Å². The first-order valence-electron chi connectivity index (χ1n) is 5.40. The molecule has 2 aliphatic rings. The number of hydrogen-bond donors (Lipinski definition) is 0. The number of hydrogen-bond acceptors (Lipinski definition) is 4. The average molecular weight is 224 g/mol. The Morgan fingerprint density at radius 3 is 2.53 bits per heavy atom. The lowest BCUT2D eigenvalue weighted by Gasteiger charge is -1.99. The van der Waals surface area contributed by atoms with E-state index in [2.05, 4.69) is 10.2 Å². The van der Waals surface area contributed by atoms with Crippen molar-refractivity contribution in [1.82, 2.24) is 10.2 Å². The normalized spacial score (nSPS) is 12.5. The van der Waals surface area contributed by atoms with Crippen LogP contribution in [0, 0.1) is 0 Å². The van der Waals surface area contributed by atoms with Crippen molar-refractivity contribution in [2.75, 3.05) is 0 Å². The van der Waals surface area contributed by atoms with Gasteiger partial charge in [-0.3, -0.25) is 0 Å². The average Bonchev–Trinajstić information content (AvgIpc) is 2.95. The summed E-state index contributed by atoms with van der Waals surface area (Å²) in [5.41, 5.74) is 2.13. The zero-order valence-corrected chi connectivity index (χ0v) is 8.88. The Kier molecular flexibility index (Phi) is 1.58. The zero-order chi connectivity index (χ0) is 11.2. The summed E-state index contributed by atoms with van der Waals surface area (Å²) in [6.45, 7) is 0. The Morgan fingerprint density at radius 2 is 1.65 bits per heavy atom. The second-order valence-corrected chi connectivity index (χ2v) is 4.05. The summed E-state index contributed by atoms with van der Waals surface area (Å²) in [6, 6.07) is 11.9. The summed E-state index contributed by atoms with van der Waals surface area (Å²) in [5, 5.41) is 8.00. The van der Waals surface area contributed by atoms with E-state index in [1.54, 1.807) is 0 Å². The van der Waals surface area contributed by atoms with Gasteiger partial charge in [-0.25, -0.2) is 0 Å². The van der Waals surface area contributed by atoms with Crippen LogP contribution in [0.5, 0.6) is 0 Å². The molecule has 0 aliphatic carbocycles. The molecule has 6 bridgehead atoms. The molecule has 0 atom stereocenters. The van der Waals surface area contributed by atoms with Crippen molar-refractivity contribution in [3.8, 4) is 23.1 Å². The minimum absolute atomic E-state index is 0.427. The van der Waals surface area contributed by atoms with E-state index in [9.17, 15) is 0 Å². The van der Waals surface area contributed by atoms with Gasteiger partial charge in [-0.1, -0.05) is 12.1 Å². The van der Waals surface area contributed by atoms with E-state index in [0.29, 0.717) is 17.5 Å². The SMILES string of the molecule is c1cc2ccc1Cc1ccc(o1)-c1nnc-2o1. The molecule has 4 heteroatoms. The second-order valence-electron chi connectivity index (χ2n) is 4.05. The number of furan rings is 1. The van der Waals surface area contributed by atoms with E-state index in [1.807, 2.05) is 36.4 Å². The van der Waals surface area contributed by atoms with Gasteiger partial charge in [0.2, 0.25) is 5.89 Å². The molecule has 0 unspecified atom stereocenters. The molecule has 3 aromatic rings. The summed E-state index contributed by atoms with van der Waals surface area (Å²) < 4.78 is 11.2. The van der Waals surface area contributed by atoms with Crippen LogP contribution >= 0.6 is 0 Å². The molecule has 0 saturated heterocycles. The summed E-state index contributed by atoms with van der Waals surface area (Å²) in [7, 11) is 0. The van der Waals surface area contributed by atoms with E-state index < -0.39 is 0 Å². The molecule has 0 saturated carbocycles. The van der Waals surface area contributed by atoms with Gasteiger partial charge in [-0.15, -0.1) is 10.2 Å². The molecule has 0 amide bonds. The summed E-state index contributed by atoms with van der Waals surface area (Å²) >= 11 is 0. The molecule has 4 nitrogen and oxygen atoms in total. The van der Waals surface area contributed by atoms with Crippen LogP contribution in [0.2, 0.25) is 0 Å². The van der Waals surface area contributed by atoms with Crippen LogP contribution in [0.15, 0.2) is 45.2 Å². The minimum Gasteiger partial charge on any atom is -0.456 e. The maximum absolute atomic E-state index is 5.67. The van der Waals surface area contributed by atoms with Crippen LogP contribution in [-0.2, 0) is 6.42 Å². The molecule has 82 valence electrons. The van der Waals surface area contributed by atoms with Crippen molar-refractivity contribution in [3.05, 3.63) is 47.7 Å². The number of fused-ring (bicyclic) bond motifs is 2. The molecule has 2 aliphatic heterocycles. The van der Waals surface area contributed by atoms with Crippen molar-refractivity contribution in [1.29, 1.82) is 0 Å². The van der Waals surface area contributed by atoms with Gasteiger partial charge in [0, 0.05) is 12.0 Å². The highest BCUT2D eigenvalue weighted by atomic mass is 16.4. The maximum atomic E-state index is 5.67. The topological polar surface area (TPSA) is 52.1 Å². The van der Waals surface area contributed by atoms with Gasteiger partial charge in [0.15, 0.2) is 5.76 Å². The van der Waals surface area contributed by atoms with Crippen molar-refractivity contribution < 1.29 is 8.83 Å².